The molecule has 0 aliphatic carbocycles. The molecule has 4 aromatic rings. The van der Waals surface area contributed by atoms with E-state index in [0.717, 1.165) is 37.5 Å². The Morgan fingerprint density at radius 2 is 1.47 bits per heavy atom. The van der Waals surface area contributed by atoms with Crippen molar-refractivity contribution < 1.29 is 49.3 Å². The second-order valence-electron chi connectivity index (χ2n) is 14.0. The largest absolute Gasteiger partial charge is 1.00 e. The van der Waals surface area contributed by atoms with Gasteiger partial charge in [-0.15, -0.1) is 0 Å². The van der Waals surface area contributed by atoms with Gasteiger partial charge in [0.25, 0.3) is 5.91 Å². The predicted octanol–water partition coefficient (Wildman–Crippen LogP) is 4.21. The number of pyridine rings is 1. The van der Waals surface area contributed by atoms with Crippen LogP contribution in [0.1, 0.15) is 62.7 Å². The molecule has 3 aliphatic heterocycles. The van der Waals surface area contributed by atoms with Crippen molar-refractivity contribution in [3.05, 3.63) is 88.2 Å². The molecule has 12 heteroatoms. The summed E-state index contributed by atoms with van der Waals surface area (Å²) in [7, 11) is 1.56. The van der Waals surface area contributed by atoms with E-state index in [2.05, 4.69) is 4.90 Å². The van der Waals surface area contributed by atoms with Crippen LogP contribution < -0.4 is 41.5 Å². The summed E-state index contributed by atoms with van der Waals surface area (Å²) < 4.78 is 49.2. The Hall–Kier alpha value is -4.00. The number of methoxy groups -OCH3 is 1. The maximum Gasteiger partial charge on any atom is 0.263 e. The summed E-state index contributed by atoms with van der Waals surface area (Å²) in [6.07, 6.45) is 7.99. The van der Waals surface area contributed by atoms with Crippen molar-refractivity contribution >= 4 is 22.5 Å². The number of piperazine rings is 3. The summed E-state index contributed by atoms with van der Waals surface area (Å²) in [6, 6.07) is 13.5. The molecule has 3 aliphatic rings. The van der Waals surface area contributed by atoms with Gasteiger partial charge < -0.3 is 45.1 Å². The number of halogens is 3. The third kappa shape index (κ3) is 9.57. The molecule has 4 heterocycles. The first-order valence-electron chi connectivity index (χ1n) is 18.7. The zero-order valence-corrected chi connectivity index (χ0v) is 32.6. The number of unbranched alkanes of at least 4 members (excludes halogenated alkanes) is 4. The molecule has 0 radical (unpaired) electrons. The number of hydrogen-bond donors (Lipinski definition) is 0. The van der Waals surface area contributed by atoms with Gasteiger partial charge in [0.2, 0.25) is 5.43 Å². The molecule has 1 amide bonds. The molecule has 3 fully saturated rings. The first-order chi connectivity index (χ1) is 25.2. The number of fused-ring (bicyclic) bond motifs is 4. The third-order valence-corrected chi connectivity index (χ3v) is 10.5. The van der Waals surface area contributed by atoms with E-state index in [9.17, 15) is 18.4 Å². The van der Waals surface area contributed by atoms with Gasteiger partial charge in [0, 0.05) is 73.8 Å². The zero-order valence-electron chi connectivity index (χ0n) is 31.1. The maximum atomic E-state index is 14.2. The van der Waals surface area contributed by atoms with Crippen LogP contribution in [0.5, 0.6) is 17.2 Å². The molecule has 0 spiro atoms. The van der Waals surface area contributed by atoms with Gasteiger partial charge in [0.05, 0.1) is 57.7 Å². The fourth-order valence-corrected chi connectivity index (χ4v) is 7.50. The molecule has 0 atom stereocenters. The second-order valence-corrected chi connectivity index (χ2v) is 14.0. The van der Waals surface area contributed by atoms with Crippen LogP contribution >= 0.6 is 0 Å². The summed E-state index contributed by atoms with van der Waals surface area (Å²) >= 11 is 0. The Balaban J connectivity index is 0.00000541. The second kappa shape index (κ2) is 18.4. The Labute approximate surface area is 321 Å². The van der Waals surface area contributed by atoms with Crippen LogP contribution in [-0.2, 0) is 0 Å². The minimum atomic E-state index is -0.820. The molecule has 3 saturated heterocycles. The number of benzene rings is 3. The Bertz CT molecular complexity index is 1900. The van der Waals surface area contributed by atoms with Crippen LogP contribution in [0.15, 0.2) is 65.6 Å². The molecular formula is C41H51BrF2N4O5. The molecule has 53 heavy (non-hydrogen) atoms. The van der Waals surface area contributed by atoms with E-state index in [1.165, 1.54) is 80.7 Å². The number of ether oxygens (including phenoxy) is 3. The Morgan fingerprint density at radius 3 is 2.15 bits per heavy atom. The molecule has 1 aromatic heterocycles. The summed E-state index contributed by atoms with van der Waals surface area (Å²) in [6.45, 7) is 13.8. The lowest BCUT2D eigenvalue weighted by molar-refractivity contribution is -0.941. The number of aromatic nitrogens is 1. The van der Waals surface area contributed by atoms with Crippen LogP contribution in [0.4, 0.5) is 14.5 Å². The zero-order chi connectivity index (χ0) is 36.7. The molecule has 7 rings (SSSR count). The van der Waals surface area contributed by atoms with Crippen LogP contribution in [0.3, 0.4) is 0 Å². The highest BCUT2D eigenvalue weighted by Crippen LogP contribution is 2.30. The average Bonchev–Trinajstić information content (AvgIpc) is 3.15. The number of anilines is 1. The molecule has 0 unspecified atom stereocenters. The lowest BCUT2D eigenvalue weighted by atomic mass is 10.1. The van der Waals surface area contributed by atoms with Crippen LogP contribution in [0.25, 0.3) is 16.6 Å². The van der Waals surface area contributed by atoms with Gasteiger partial charge in [0.1, 0.15) is 34.4 Å². The lowest BCUT2D eigenvalue weighted by Crippen LogP contribution is -3.00. The molecule has 286 valence electrons. The van der Waals surface area contributed by atoms with Crippen molar-refractivity contribution in [2.75, 3.05) is 77.6 Å². The lowest BCUT2D eigenvalue weighted by Gasteiger charge is -2.50. The third-order valence-electron chi connectivity index (χ3n) is 10.5. The van der Waals surface area contributed by atoms with Crippen molar-refractivity contribution in [3.8, 4) is 22.9 Å². The van der Waals surface area contributed by atoms with Crippen molar-refractivity contribution in [3.63, 3.8) is 0 Å². The number of rotatable bonds is 17. The molecular weight excluding hydrogens is 746 g/mol. The van der Waals surface area contributed by atoms with E-state index in [-0.39, 0.29) is 34.8 Å². The number of nitrogens with zero attached hydrogens (tertiary/aromatic N) is 4. The standard InChI is InChI=1S/C41H51F2N4O5.BrH/c1-4-20-51-36-26-33(25-35(27-36)50-3)46-29-38(41(49)45(5-2)32-23-30(42)22-31(43)24-32)40(48)37-12-11-34(28-39(37)46)52-21-10-8-6-7-9-16-47-17-13-44(14-18-47)15-19-47;/h11-12,22-29H,4-10,13-21H2,1-3H3;1H/q+1;/p-1. The van der Waals surface area contributed by atoms with Gasteiger partial charge in [0.15, 0.2) is 0 Å². The number of amides is 1. The van der Waals surface area contributed by atoms with Gasteiger partial charge in [-0.2, -0.15) is 0 Å². The van der Waals surface area contributed by atoms with E-state index in [1.54, 1.807) is 42.9 Å². The van der Waals surface area contributed by atoms with Crippen molar-refractivity contribution in [1.29, 1.82) is 0 Å². The van der Waals surface area contributed by atoms with Crippen molar-refractivity contribution in [1.82, 2.24) is 9.47 Å². The fourth-order valence-electron chi connectivity index (χ4n) is 7.50. The maximum absolute atomic E-state index is 14.2. The topological polar surface area (TPSA) is 73.2 Å². The average molecular weight is 798 g/mol. The van der Waals surface area contributed by atoms with Gasteiger partial charge >= 0.3 is 0 Å². The van der Waals surface area contributed by atoms with E-state index in [1.807, 2.05) is 19.1 Å². The number of carbonyl (C=O) groups is 1. The highest BCUT2D eigenvalue weighted by atomic mass is 79.9. The minimum absolute atomic E-state index is 0. The highest BCUT2D eigenvalue weighted by Gasteiger charge is 2.37. The number of carbonyl (C=O) groups excluding carboxylic acids is 1. The molecule has 0 N–H and O–H groups in total. The SMILES string of the molecule is CCCOc1cc(OC)cc(-n2cc(C(=O)N(CC)c3cc(F)cc(F)c3)c(=O)c3ccc(OCCCCCCC[N+]45CCN(CC4)CC5)cc32)c1.[Br-]. The first-order valence-corrected chi connectivity index (χ1v) is 18.7. The van der Waals surface area contributed by atoms with E-state index >= 15 is 0 Å². The summed E-state index contributed by atoms with van der Waals surface area (Å²) in [5, 5.41) is 0.292. The molecule has 3 aromatic carbocycles. The summed E-state index contributed by atoms with van der Waals surface area (Å²) in [5.74, 6) is -0.614. The fraction of sp³-hybridized carbons (Fsp3) is 0.463. The smallest absolute Gasteiger partial charge is 0.263 e. The van der Waals surface area contributed by atoms with Crippen LogP contribution in [0, 0.1) is 11.6 Å². The minimum Gasteiger partial charge on any atom is -1.00 e. The Morgan fingerprint density at radius 1 is 0.811 bits per heavy atom. The van der Waals surface area contributed by atoms with Gasteiger partial charge in [-0.3, -0.25) is 14.5 Å². The van der Waals surface area contributed by atoms with Crippen molar-refractivity contribution in [2.24, 2.45) is 0 Å². The highest BCUT2D eigenvalue weighted by molar-refractivity contribution is 6.07. The Kier molecular flexibility index (Phi) is 13.9. The molecule has 2 bridgehead atoms. The molecule has 9 nitrogen and oxygen atoms in total. The number of quaternary nitrogens is 1. The van der Waals surface area contributed by atoms with Crippen molar-refractivity contribution in [2.45, 2.75) is 52.4 Å². The van der Waals surface area contributed by atoms with Gasteiger partial charge in [-0.05, 0) is 56.9 Å². The summed E-state index contributed by atoms with van der Waals surface area (Å²) in [4.78, 5) is 31.8. The monoisotopic (exact) mass is 796 g/mol. The predicted molar refractivity (Wildman–Crippen MR) is 200 cm³/mol. The van der Waals surface area contributed by atoms with E-state index < -0.39 is 23.0 Å². The van der Waals surface area contributed by atoms with E-state index in [4.69, 9.17) is 14.2 Å². The summed E-state index contributed by atoms with van der Waals surface area (Å²) in [5.41, 5.74) is 0.488. The molecule has 0 saturated carbocycles. The first kappa shape index (κ1) is 40.2. The van der Waals surface area contributed by atoms with Gasteiger partial charge in [-0.1, -0.05) is 19.8 Å². The number of hydrogen-bond acceptors (Lipinski definition) is 6. The normalized spacial score (nSPS) is 17.7. The quantitative estimate of drug-likeness (QED) is 0.118. The van der Waals surface area contributed by atoms with Crippen LogP contribution in [-0.4, -0.2) is 92.5 Å². The van der Waals surface area contributed by atoms with Crippen LogP contribution in [0.2, 0.25) is 0 Å². The van der Waals surface area contributed by atoms with Gasteiger partial charge in [-0.25, -0.2) is 8.78 Å². The van der Waals surface area contributed by atoms with E-state index in [0.29, 0.717) is 47.1 Å².